The third-order valence-electron chi connectivity index (χ3n) is 8.20. The number of allylic oxidation sites excluding steroid dienone is 1. The van der Waals surface area contributed by atoms with Crippen LogP contribution in [0.4, 0.5) is 11.4 Å². The lowest BCUT2D eigenvalue weighted by Crippen LogP contribution is -2.36. The highest BCUT2D eigenvalue weighted by atomic mass is 32.2. The summed E-state index contributed by atoms with van der Waals surface area (Å²) in [6, 6.07) is 16.5. The quantitative estimate of drug-likeness (QED) is 0.0801. The van der Waals surface area contributed by atoms with Crippen molar-refractivity contribution >= 4 is 27.4 Å². The van der Waals surface area contributed by atoms with Gasteiger partial charge in [-0.15, -0.1) is 13.2 Å². The summed E-state index contributed by atoms with van der Waals surface area (Å²) in [5, 5.41) is 1.52. The molecule has 0 bridgehead atoms. The predicted octanol–water partition coefficient (Wildman–Crippen LogP) is 5.75. The van der Waals surface area contributed by atoms with Crippen molar-refractivity contribution in [1.82, 2.24) is 4.31 Å². The van der Waals surface area contributed by atoms with Gasteiger partial charge in [0.15, 0.2) is 0 Å². The van der Waals surface area contributed by atoms with Gasteiger partial charge in [-0.2, -0.15) is 4.31 Å². The molecule has 240 valence electrons. The number of esters is 1. The molecule has 2 unspecified atom stereocenters. The highest BCUT2D eigenvalue weighted by Gasteiger charge is 2.35. The number of nitrogen functional groups attached to an aromatic ring is 1. The van der Waals surface area contributed by atoms with Crippen LogP contribution in [0.2, 0.25) is 0 Å². The maximum Gasteiger partial charge on any atom is 0.306 e. The van der Waals surface area contributed by atoms with Crippen molar-refractivity contribution in [2.45, 2.75) is 63.5 Å². The number of fused-ring (bicyclic) bond motifs is 1. The first-order valence-electron chi connectivity index (χ1n) is 15.2. The second-order valence-electron chi connectivity index (χ2n) is 11.3. The minimum Gasteiger partial charge on any atom is -0.488 e. The van der Waals surface area contributed by atoms with Gasteiger partial charge in [-0.3, -0.25) is 4.79 Å². The number of sulfonamides is 1. The molecule has 4 N–H and O–H groups in total. The molecule has 0 saturated heterocycles. The molecule has 9 nitrogen and oxygen atoms in total. The van der Waals surface area contributed by atoms with E-state index in [0.717, 1.165) is 27.8 Å². The van der Waals surface area contributed by atoms with Gasteiger partial charge in [0.25, 0.3) is 0 Å². The molecule has 0 spiro atoms. The van der Waals surface area contributed by atoms with E-state index in [1.165, 1.54) is 9.31 Å². The topological polar surface area (TPSA) is 128 Å². The molecule has 0 fully saturated rings. The molecule has 0 aliphatic carbocycles. The Hall–Kier alpha value is -4.12. The van der Waals surface area contributed by atoms with E-state index in [1.807, 2.05) is 50.3 Å². The van der Waals surface area contributed by atoms with Gasteiger partial charge in [0.2, 0.25) is 10.0 Å². The normalized spacial score (nSPS) is 16.5. The Balaban J connectivity index is 1.77. The number of hydrogen-bond acceptors (Lipinski definition) is 8. The molecule has 0 saturated carbocycles. The third-order valence-corrected chi connectivity index (χ3v) is 10.1. The second-order valence-corrected chi connectivity index (χ2v) is 13.2. The Morgan fingerprint density at radius 3 is 2.62 bits per heavy atom. The molecular formula is C35H44N4O5S. The predicted molar refractivity (Wildman–Crippen MR) is 179 cm³/mol. The Kier molecular flexibility index (Phi) is 11.1. The number of ether oxygens (including phenoxy) is 2. The summed E-state index contributed by atoms with van der Waals surface area (Å²) in [5.41, 5.74) is 12.0. The summed E-state index contributed by atoms with van der Waals surface area (Å²) in [4.78, 5) is 13.0. The van der Waals surface area contributed by atoms with Crippen LogP contribution in [0.3, 0.4) is 0 Å². The lowest BCUT2D eigenvalue weighted by Gasteiger charge is -2.26. The van der Waals surface area contributed by atoms with Gasteiger partial charge in [0.1, 0.15) is 16.7 Å². The highest BCUT2D eigenvalue weighted by molar-refractivity contribution is 7.89. The van der Waals surface area contributed by atoms with Crippen LogP contribution < -0.4 is 21.3 Å². The van der Waals surface area contributed by atoms with E-state index in [9.17, 15) is 13.2 Å². The Bertz CT molecular complexity index is 1660. The van der Waals surface area contributed by atoms with Crippen LogP contribution in [0.5, 0.6) is 5.75 Å². The lowest BCUT2D eigenvalue weighted by atomic mass is 9.84. The fourth-order valence-electron chi connectivity index (χ4n) is 5.70. The van der Waals surface area contributed by atoms with Crippen LogP contribution in [-0.4, -0.2) is 44.5 Å². The summed E-state index contributed by atoms with van der Waals surface area (Å²) >= 11 is 0. The molecule has 0 aromatic heterocycles. The molecule has 1 heterocycles. The number of benzene rings is 3. The summed E-state index contributed by atoms with van der Waals surface area (Å²) in [6.07, 6.45) is 4.57. The van der Waals surface area contributed by atoms with Gasteiger partial charge in [0, 0.05) is 12.5 Å². The molecule has 0 amide bonds. The minimum absolute atomic E-state index is 0.0851. The number of carbonyl (C=O) groups is 1. The van der Waals surface area contributed by atoms with Crippen LogP contribution in [0.1, 0.15) is 59.9 Å². The number of nitrogens with two attached hydrogens (primary N) is 2. The SMILES string of the molecule is C=CCCC1CN(Cc2cc(C(CC(=O)OCC)c3ccc(N(N)CC=C)c(N)c3C)ccc2C)S(=O)(=O)c2ccccc2O1. The zero-order valence-corrected chi connectivity index (χ0v) is 27.2. The van der Waals surface area contributed by atoms with Gasteiger partial charge in [-0.05, 0) is 79.6 Å². The fraction of sp³-hybridized carbons (Fsp3) is 0.343. The Morgan fingerprint density at radius 2 is 1.91 bits per heavy atom. The van der Waals surface area contributed by atoms with E-state index >= 15 is 0 Å². The van der Waals surface area contributed by atoms with Crippen LogP contribution in [0.15, 0.2) is 84.8 Å². The number of nitrogens with zero attached hydrogens (tertiary/aromatic N) is 2. The Labute approximate surface area is 267 Å². The molecule has 0 radical (unpaired) electrons. The molecule has 1 aliphatic heterocycles. The second kappa shape index (κ2) is 14.8. The van der Waals surface area contributed by atoms with E-state index < -0.39 is 15.9 Å². The third kappa shape index (κ3) is 7.58. The summed E-state index contributed by atoms with van der Waals surface area (Å²) in [5.74, 6) is 5.82. The van der Waals surface area contributed by atoms with Gasteiger partial charge < -0.3 is 20.2 Å². The molecule has 3 aromatic carbocycles. The largest absolute Gasteiger partial charge is 0.488 e. The van der Waals surface area contributed by atoms with Crippen molar-refractivity contribution in [3.8, 4) is 5.75 Å². The first-order chi connectivity index (χ1) is 21.5. The molecule has 1 aliphatic rings. The molecule has 4 rings (SSSR count). The molecule has 3 aromatic rings. The van der Waals surface area contributed by atoms with E-state index in [-0.39, 0.29) is 43.1 Å². The monoisotopic (exact) mass is 632 g/mol. The van der Waals surface area contributed by atoms with Crippen molar-refractivity contribution in [3.05, 3.63) is 108 Å². The van der Waals surface area contributed by atoms with Crippen LogP contribution in [0.25, 0.3) is 0 Å². The number of hydrazine groups is 1. The molecule has 45 heavy (non-hydrogen) atoms. The van der Waals surface area contributed by atoms with E-state index in [2.05, 4.69) is 13.2 Å². The number of hydrogen-bond donors (Lipinski definition) is 2. The van der Waals surface area contributed by atoms with Crippen molar-refractivity contribution in [2.75, 3.05) is 30.4 Å². The van der Waals surface area contributed by atoms with Crippen LogP contribution >= 0.6 is 0 Å². The maximum absolute atomic E-state index is 14.0. The van der Waals surface area contributed by atoms with Crippen molar-refractivity contribution < 1.29 is 22.7 Å². The maximum atomic E-state index is 14.0. The standard InChI is InChI=1S/C35H44N4O5S/c1-6-9-12-28-23-38(45(41,42)33-14-11-10-13-32(33)44-28)22-27-20-26(16-15-24(27)4)30(21-34(40)43-8-3)29-17-18-31(35(36)25(29)5)39(37)19-7-2/h6-7,10-11,13-18,20,28,30H,1-2,8-9,12,19,21-23,36-37H2,3-5H3. The average molecular weight is 633 g/mol. The lowest BCUT2D eigenvalue weighted by molar-refractivity contribution is -0.143. The molecule has 2 atom stereocenters. The Morgan fingerprint density at radius 1 is 1.16 bits per heavy atom. The van der Waals surface area contributed by atoms with E-state index in [4.69, 9.17) is 21.1 Å². The van der Waals surface area contributed by atoms with Gasteiger partial charge >= 0.3 is 5.97 Å². The average Bonchev–Trinajstić information content (AvgIpc) is 3.11. The van der Waals surface area contributed by atoms with Crippen molar-refractivity contribution in [1.29, 1.82) is 0 Å². The summed E-state index contributed by atoms with van der Waals surface area (Å²) in [6.45, 7) is 14.2. The van der Waals surface area contributed by atoms with E-state index in [1.54, 1.807) is 37.3 Å². The smallest absolute Gasteiger partial charge is 0.306 e. The van der Waals surface area contributed by atoms with Crippen LogP contribution in [0, 0.1) is 13.8 Å². The van der Waals surface area contributed by atoms with Crippen molar-refractivity contribution in [2.24, 2.45) is 5.84 Å². The zero-order chi connectivity index (χ0) is 32.7. The molecule has 10 heteroatoms. The number of rotatable bonds is 13. The van der Waals surface area contributed by atoms with Gasteiger partial charge in [-0.25, -0.2) is 14.3 Å². The van der Waals surface area contributed by atoms with Crippen LogP contribution in [-0.2, 0) is 26.1 Å². The minimum atomic E-state index is -3.87. The number of carbonyl (C=O) groups excluding carboxylic acids is 1. The zero-order valence-electron chi connectivity index (χ0n) is 26.4. The van der Waals surface area contributed by atoms with Gasteiger partial charge in [-0.1, -0.05) is 48.6 Å². The molecular weight excluding hydrogens is 588 g/mol. The summed E-state index contributed by atoms with van der Waals surface area (Å²) in [7, 11) is -3.87. The number of aryl methyl sites for hydroxylation is 1. The van der Waals surface area contributed by atoms with Gasteiger partial charge in [0.05, 0.1) is 37.5 Å². The number of para-hydroxylation sites is 1. The summed E-state index contributed by atoms with van der Waals surface area (Å²) < 4.78 is 41.0. The fourth-order valence-corrected chi connectivity index (χ4v) is 7.27. The first kappa shape index (κ1) is 33.8. The van der Waals surface area contributed by atoms with Crippen molar-refractivity contribution in [3.63, 3.8) is 0 Å². The first-order valence-corrected chi connectivity index (χ1v) is 16.6. The highest BCUT2D eigenvalue weighted by Crippen LogP contribution is 2.38. The van der Waals surface area contributed by atoms with E-state index in [0.29, 0.717) is 36.5 Å². The number of anilines is 2.